The number of carbonyl (C=O) groups excluding carboxylic acids is 1. The van der Waals surface area contributed by atoms with Crippen LogP contribution in [0.4, 0.5) is 0 Å². The fourth-order valence-electron chi connectivity index (χ4n) is 3.18. The van der Waals surface area contributed by atoms with Crippen LogP contribution in [0.15, 0.2) is 58.3 Å². The summed E-state index contributed by atoms with van der Waals surface area (Å²) in [6, 6.07) is 13.8. The van der Waals surface area contributed by atoms with Crippen molar-refractivity contribution in [1.29, 1.82) is 0 Å². The number of aromatic nitrogens is 2. The van der Waals surface area contributed by atoms with E-state index in [9.17, 15) is 13.2 Å². The lowest BCUT2D eigenvalue weighted by atomic mass is 10.1. The zero-order valence-corrected chi connectivity index (χ0v) is 17.8. The van der Waals surface area contributed by atoms with Crippen molar-refractivity contribution >= 4 is 15.8 Å². The number of ether oxygens (including phenoxy) is 1. The molecular formula is C22H24N2O4S. The third kappa shape index (κ3) is 4.10. The van der Waals surface area contributed by atoms with Gasteiger partial charge in [0, 0.05) is 6.42 Å². The molecule has 3 aromatic rings. The fourth-order valence-corrected chi connectivity index (χ4v) is 4.72. The lowest BCUT2D eigenvalue weighted by molar-refractivity contribution is -0.134. The molecule has 0 aliphatic heterocycles. The second-order valence-electron chi connectivity index (χ2n) is 6.96. The van der Waals surface area contributed by atoms with Crippen LogP contribution >= 0.6 is 0 Å². The number of aryl methyl sites for hydroxylation is 3. The molecule has 152 valence electrons. The molecule has 29 heavy (non-hydrogen) atoms. The van der Waals surface area contributed by atoms with Crippen molar-refractivity contribution in [3.8, 4) is 11.6 Å². The molecule has 0 aliphatic rings. The van der Waals surface area contributed by atoms with E-state index in [0.717, 1.165) is 11.1 Å². The topological polar surface area (TPSA) is 78.3 Å². The summed E-state index contributed by atoms with van der Waals surface area (Å²) in [5.74, 6) is -0.570. The van der Waals surface area contributed by atoms with Crippen LogP contribution in [-0.2, 0) is 14.6 Å². The number of carbonyl (C=O) groups is 1. The highest BCUT2D eigenvalue weighted by atomic mass is 32.2. The molecule has 3 rings (SSSR count). The van der Waals surface area contributed by atoms with E-state index in [1.54, 1.807) is 25.1 Å². The van der Waals surface area contributed by atoms with Gasteiger partial charge in [-0.15, -0.1) is 0 Å². The molecular weight excluding hydrogens is 388 g/mol. The summed E-state index contributed by atoms with van der Waals surface area (Å²) in [7, 11) is -3.93. The minimum atomic E-state index is -3.93. The predicted molar refractivity (Wildman–Crippen MR) is 110 cm³/mol. The van der Waals surface area contributed by atoms with E-state index in [2.05, 4.69) is 5.10 Å². The monoisotopic (exact) mass is 412 g/mol. The Hall–Kier alpha value is -2.93. The van der Waals surface area contributed by atoms with Crippen molar-refractivity contribution in [2.45, 2.75) is 50.3 Å². The van der Waals surface area contributed by atoms with Crippen LogP contribution in [-0.4, -0.2) is 24.2 Å². The van der Waals surface area contributed by atoms with Crippen molar-refractivity contribution in [3.05, 3.63) is 65.4 Å². The molecule has 6 nitrogen and oxygen atoms in total. The zero-order valence-electron chi connectivity index (χ0n) is 17.0. The number of esters is 1. The predicted octanol–water partition coefficient (Wildman–Crippen LogP) is 4.34. The fraction of sp³-hybridized carbons (Fsp3) is 0.273. The van der Waals surface area contributed by atoms with E-state index >= 15 is 0 Å². The first-order valence-corrected chi connectivity index (χ1v) is 10.9. The molecule has 7 heteroatoms. The average Bonchev–Trinajstić information content (AvgIpc) is 2.99. The van der Waals surface area contributed by atoms with Crippen molar-refractivity contribution in [1.82, 2.24) is 9.78 Å². The maximum Gasteiger partial charge on any atom is 0.312 e. The molecule has 0 spiro atoms. The van der Waals surface area contributed by atoms with E-state index in [0.29, 0.717) is 12.1 Å². The van der Waals surface area contributed by atoms with Gasteiger partial charge in [0.2, 0.25) is 15.7 Å². The summed E-state index contributed by atoms with van der Waals surface area (Å²) in [5, 5.41) is 4.44. The Morgan fingerprint density at radius 1 is 1.07 bits per heavy atom. The van der Waals surface area contributed by atoms with Gasteiger partial charge in [-0.3, -0.25) is 4.79 Å². The number of rotatable bonds is 6. The van der Waals surface area contributed by atoms with Gasteiger partial charge in [0.25, 0.3) is 0 Å². The van der Waals surface area contributed by atoms with Crippen LogP contribution in [0, 0.1) is 20.8 Å². The summed E-state index contributed by atoms with van der Waals surface area (Å²) in [4.78, 5) is 12.3. The Kier molecular flexibility index (Phi) is 5.88. The average molecular weight is 413 g/mol. The number of nitrogens with zero attached hydrogens (tertiary/aromatic N) is 2. The molecule has 0 N–H and O–H groups in total. The van der Waals surface area contributed by atoms with Gasteiger partial charge in [-0.05, 0) is 51.0 Å². The number of hydrogen-bond donors (Lipinski definition) is 0. The molecule has 0 saturated heterocycles. The van der Waals surface area contributed by atoms with Crippen LogP contribution in [0.25, 0.3) is 5.69 Å². The quantitative estimate of drug-likeness (QED) is 0.563. The Morgan fingerprint density at radius 2 is 1.76 bits per heavy atom. The molecule has 0 bridgehead atoms. The van der Waals surface area contributed by atoms with E-state index in [-0.39, 0.29) is 27.8 Å². The van der Waals surface area contributed by atoms with Crippen molar-refractivity contribution in [2.75, 3.05) is 0 Å². The van der Waals surface area contributed by atoms with Crippen LogP contribution in [0.2, 0.25) is 0 Å². The van der Waals surface area contributed by atoms with Crippen molar-refractivity contribution < 1.29 is 17.9 Å². The molecule has 1 aromatic heterocycles. The minimum absolute atomic E-state index is 0.0724. The molecule has 0 saturated carbocycles. The van der Waals surface area contributed by atoms with E-state index < -0.39 is 15.8 Å². The molecule has 0 aliphatic carbocycles. The summed E-state index contributed by atoms with van der Waals surface area (Å²) in [6.07, 6.45) is 0.776. The van der Waals surface area contributed by atoms with Gasteiger partial charge in [0.05, 0.1) is 16.3 Å². The van der Waals surface area contributed by atoms with Crippen molar-refractivity contribution in [2.24, 2.45) is 0 Å². The second-order valence-corrected chi connectivity index (χ2v) is 8.85. The lowest BCUT2D eigenvalue weighted by Crippen LogP contribution is -2.14. The van der Waals surface area contributed by atoms with Gasteiger partial charge < -0.3 is 4.74 Å². The summed E-state index contributed by atoms with van der Waals surface area (Å²) < 4.78 is 33.7. The third-order valence-corrected chi connectivity index (χ3v) is 6.43. The Labute approximate surface area is 171 Å². The smallest absolute Gasteiger partial charge is 0.312 e. The largest absolute Gasteiger partial charge is 0.406 e. The standard InChI is InChI=1S/C22H24N2O4S/c1-5-9-20(25)28-22-21(29(26,27)18-10-7-6-8-11-18)17(4)23-24(22)19-13-12-15(2)14-16(19)3/h6-8,10-14H,5,9H2,1-4H3. The number of hydrogen-bond acceptors (Lipinski definition) is 5. The molecule has 0 radical (unpaired) electrons. The number of benzene rings is 2. The summed E-state index contributed by atoms with van der Waals surface area (Å²) in [5.41, 5.74) is 2.89. The third-order valence-electron chi connectivity index (χ3n) is 4.53. The molecule has 0 unspecified atom stereocenters. The van der Waals surface area contributed by atoms with Crippen LogP contribution in [0.5, 0.6) is 5.88 Å². The van der Waals surface area contributed by atoms with Gasteiger partial charge in [-0.2, -0.15) is 9.78 Å². The van der Waals surface area contributed by atoms with Crippen LogP contribution < -0.4 is 4.74 Å². The van der Waals surface area contributed by atoms with Gasteiger partial charge in [0.1, 0.15) is 0 Å². The lowest BCUT2D eigenvalue weighted by Gasteiger charge is -2.12. The normalized spacial score (nSPS) is 11.4. The summed E-state index contributed by atoms with van der Waals surface area (Å²) in [6.45, 7) is 7.34. The van der Waals surface area contributed by atoms with E-state index in [1.807, 2.05) is 39.0 Å². The zero-order chi connectivity index (χ0) is 21.2. The Balaban J connectivity index is 2.26. The minimum Gasteiger partial charge on any atom is -0.406 e. The first-order chi connectivity index (χ1) is 13.8. The van der Waals surface area contributed by atoms with Crippen LogP contribution in [0.3, 0.4) is 0 Å². The Morgan fingerprint density at radius 3 is 2.38 bits per heavy atom. The molecule has 0 amide bonds. The second kappa shape index (κ2) is 8.21. The highest BCUT2D eigenvalue weighted by molar-refractivity contribution is 7.91. The molecule has 0 fully saturated rings. The van der Waals surface area contributed by atoms with Gasteiger partial charge in [-0.25, -0.2) is 8.42 Å². The maximum absolute atomic E-state index is 13.4. The molecule has 0 atom stereocenters. The summed E-state index contributed by atoms with van der Waals surface area (Å²) >= 11 is 0. The Bertz CT molecular complexity index is 1150. The maximum atomic E-state index is 13.4. The number of sulfone groups is 1. The molecule has 1 heterocycles. The van der Waals surface area contributed by atoms with Gasteiger partial charge >= 0.3 is 5.97 Å². The first kappa shape index (κ1) is 20.8. The SMILES string of the molecule is CCCC(=O)Oc1c(S(=O)(=O)c2ccccc2)c(C)nn1-c1ccc(C)cc1C. The van der Waals surface area contributed by atoms with E-state index in [1.165, 1.54) is 16.8 Å². The van der Waals surface area contributed by atoms with E-state index in [4.69, 9.17) is 4.74 Å². The highest BCUT2D eigenvalue weighted by Gasteiger charge is 2.32. The van der Waals surface area contributed by atoms with Crippen molar-refractivity contribution in [3.63, 3.8) is 0 Å². The van der Waals surface area contributed by atoms with Gasteiger partial charge in [0.15, 0.2) is 4.90 Å². The highest BCUT2D eigenvalue weighted by Crippen LogP contribution is 2.35. The van der Waals surface area contributed by atoms with Gasteiger partial charge in [-0.1, -0.05) is 42.8 Å². The first-order valence-electron chi connectivity index (χ1n) is 9.43. The molecule has 2 aromatic carbocycles. The van der Waals surface area contributed by atoms with Crippen LogP contribution in [0.1, 0.15) is 36.6 Å².